The largest absolute Gasteiger partial charge is 0.454 e. The number of nitrogens with zero attached hydrogens (tertiary/aromatic N) is 1. The first-order chi connectivity index (χ1) is 13.4. The van der Waals surface area contributed by atoms with Gasteiger partial charge in [-0.3, -0.25) is 19.3 Å². The molecule has 1 saturated heterocycles. The van der Waals surface area contributed by atoms with Crippen LogP contribution in [0.15, 0.2) is 24.3 Å². The highest BCUT2D eigenvalue weighted by molar-refractivity contribution is 6.30. The molecule has 5 atom stereocenters. The maximum absolute atomic E-state index is 12.7. The van der Waals surface area contributed by atoms with Gasteiger partial charge in [0.05, 0.1) is 11.8 Å². The van der Waals surface area contributed by atoms with Crippen LogP contribution in [0.2, 0.25) is 5.02 Å². The number of anilines is 1. The third-order valence-corrected chi connectivity index (χ3v) is 6.38. The van der Waals surface area contributed by atoms with E-state index in [0.29, 0.717) is 10.7 Å². The number of halogens is 1. The third-order valence-electron chi connectivity index (χ3n) is 6.14. The number of carbonyl (C=O) groups excluding carboxylic acids is 4. The summed E-state index contributed by atoms with van der Waals surface area (Å²) in [6.07, 6.45) is 2.88. The fourth-order valence-corrected chi connectivity index (χ4v) is 5.13. The number of rotatable bonds is 5. The van der Waals surface area contributed by atoms with Crippen LogP contribution in [0.25, 0.3) is 0 Å². The summed E-state index contributed by atoms with van der Waals surface area (Å²) < 4.78 is 5.04. The molecule has 0 unspecified atom stereocenters. The molecule has 1 aromatic rings. The molecule has 3 aliphatic rings. The highest BCUT2D eigenvalue weighted by Crippen LogP contribution is 2.56. The van der Waals surface area contributed by atoms with E-state index in [0.717, 1.165) is 24.2 Å². The first-order valence-electron chi connectivity index (χ1n) is 9.45. The summed E-state index contributed by atoms with van der Waals surface area (Å²) in [5.74, 6) is -1.90. The molecule has 2 aliphatic carbocycles. The summed E-state index contributed by atoms with van der Waals surface area (Å²) >= 11 is 5.86. The molecule has 2 saturated carbocycles. The number of ether oxygens (including phenoxy) is 1. The van der Waals surface area contributed by atoms with E-state index in [1.165, 1.54) is 6.92 Å². The van der Waals surface area contributed by atoms with E-state index in [1.807, 2.05) is 0 Å². The Kier molecular flexibility index (Phi) is 4.87. The van der Waals surface area contributed by atoms with Crippen LogP contribution in [0.1, 0.15) is 26.2 Å². The molecule has 1 aliphatic heterocycles. The van der Waals surface area contributed by atoms with Crippen molar-refractivity contribution in [2.45, 2.75) is 32.2 Å². The third kappa shape index (κ3) is 3.17. The van der Waals surface area contributed by atoms with Crippen LogP contribution in [-0.4, -0.2) is 41.2 Å². The van der Waals surface area contributed by atoms with Gasteiger partial charge >= 0.3 is 5.97 Å². The van der Waals surface area contributed by atoms with Crippen molar-refractivity contribution in [2.75, 3.05) is 11.9 Å². The van der Waals surface area contributed by atoms with Crippen LogP contribution >= 0.6 is 11.6 Å². The Morgan fingerprint density at radius 1 is 1.21 bits per heavy atom. The molecule has 1 aromatic carbocycles. The Labute approximate surface area is 167 Å². The molecule has 1 N–H and O–H groups in total. The number of imide groups is 1. The highest BCUT2D eigenvalue weighted by Gasteiger charge is 2.62. The zero-order valence-corrected chi connectivity index (χ0v) is 16.1. The molecule has 3 amide bonds. The first-order valence-corrected chi connectivity index (χ1v) is 9.83. The molecule has 2 bridgehead atoms. The van der Waals surface area contributed by atoms with E-state index in [4.69, 9.17) is 16.3 Å². The zero-order valence-electron chi connectivity index (χ0n) is 15.4. The van der Waals surface area contributed by atoms with Gasteiger partial charge in [-0.15, -0.1) is 0 Å². The van der Waals surface area contributed by atoms with Crippen LogP contribution in [-0.2, 0) is 23.9 Å². The smallest absolute Gasteiger partial charge is 0.329 e. The molecule has 0 radical (unpaired) electrons. The van der Waals surface area contributed by atoms with Crippen molar-refractivity contribution in [1.82, 2.24) is 4.90 Å². The minimum atomic E-state index is -1.04. The van der Waals surface area contributed by atoms with E-state index < -0.39 is 24.5 Å². The number of amides is 3. The van der Waals surface area contributed by atoms with Gasteiger partial charge in [0.25, 0.3) is 5.91 Å². The van der Waals surface area contributed by atoms with Crippen LogP contribution in [0, 0.1) is 23.7 Å². The Balaban J connectivity index is 1.34. The molecule has 3 fully saturated rings. The van der Waals surface area contributed by atoms with E-state index >= 15 is 0 Å². The second-order valence-electron chi connectivity index (χ2n) is 7.77. The maximum atomic E-state index is 12.7. The molecule has 4 rings (SSSR count). The maximum Gasteiger partial charge on any atom is 0.329 e. The topological polar surface area (TPSA) is 92.8 Å². The van der Waals surface area contributed by atoms with Crippen LogP contribution in [0.5, 0.6) is 0 Å². The van der Waals surface area contributed by atoms with E-state index in [2.05, 4.69) is 5.32 Å². The normalized spacial score (nSPS) is 29.0. The average molecular weight is 405 g/mol. The molecule has 8 heteroatoms. The molecule has 148 valence electrons. The predicted molar refractivity (Wildman–Crippen MR) is 100 cm³/mol. The number of hydrogen-bond donors (Lipinski definition) is 1. The van der Waals surface area contributed by atoms with Gasteiger partial charge in [0.15, 0.2) is 6.61 Å². The standard InChI is InChI=1S/C20H21ClN2O5/c1-10(20(27)28-9-15(24)22-14-4-2-3-13(21)8-14)23-18(25)16-11-5-6-12(7-11)17(16)19(23)26/h2-4,8,10-12,16-17H,5-7,9H2,1H3,(H,22,24)/t10-,11-,12+,16-,17-/m0/s1. The minimum absolute atomic E-state index is 0.253. The molecule has 0 spiro atoms. The number of carbonyl (C=O) groups is 4. The number of benzene rings is 1. The molecule has 0 aromatic heterocycles. The monoisotopic (exact) mass is 404 g/mol. The Morgan fingerprint density at radius 2 is 1.86 bits per heavy atom. The lowest BCUT2D eigenvalue weighted by atomic mass is 9.81. The summed E-state index contributed by atoms with van der Waals surface area (Å²) in [5, 5.41) is 3.03. The lowest BCUT2D eigenvalue weighted by Gasteiger charge is -2.23. The summed E-state index contributed by atoms with van der Waals surface area (Å²) in [4.78, 5) is 50.9. The fourth-order valence-electron chi connectivity index (χ4n) is 4.94. The van der Waals surface area contributed by atoms with Crippen molar-refractivity contribution >= 4 is 41.0 Å². The van der Waals surface area contributed by atoms with Crippen molar-refractivity contribution in [3.63, 3.8) is 0 Å². The van der Waals surface area contributed by atoms with Gasteiger partial charge < -0.3 is 10.1 Å². The lowest BCUT2D eigenvalue weighted by Crippen LogP contribution is -2.45. The molecular weight excluding hydrogens is 384 g/mol. The van der Waals surface area contributed by atoms with Gasteiger partial charge in [-0.25, -0.2) is 4.79 Å². The summed E-state index contributed by atoms with van der Waals surface area (Å²) in [6.45, 7) is 0.958. The van der Waals surface area contributed by atoms with E-state index in [1.54, 1.807) is 24.3 Å². The van der Waals surface area contributed by atoms with Crippen molar-refractivity contribution < 1.29 is 23.9 Å². The van der Waals surface area contributed by atoms with E-state index in [9.17, 15) is 19.2 Å². The van der Waals surface area contributed by atoms with Crippen molar-refractivity contribution in [3.8, 4) is 0 Å². The molecule has 28 heavy (non-hydrogen) atoms. The number of likely N-dealkylation sites (tertiary alicyclic amines) is 1. The Bertz CT molecular complexity index is 829. The molecular formula is C20H21ClN2O5. The van der Waals surface area contributed by atoms with Gasteiger partial charge in [0.2, 0.25) is 11.8 Å². The number of nitrogens with one attached hydrogen (secondary N) is 1. The Morgan fingerprint density at radius 3 is 2.46 bits per heavy atom. The zero-order chi connectivity index (χ0) is 20.0. The second-order valence-corrected chi connectivity index (χ2v) is 8.21. The van der Waals surface area contributed by atoms with Crippen LogP contribution in [0.3, 0.4) is 0 Å². The SMILES string of the molecule is C[C@@H](C(=O)OCC(=O)Nc1cccc(Cl)c1)N1C(=O)[C@H]2[C@@H]3CC[C@@H](C3)[C@@H]2C1=O. The van der Waals surface area contributed by atoms with Crippen molar-refractivity contribution in [2.24, 2.45) is 23.7 Å². The summed E-state index contributed by atoms with van der Waals surface area (Å²) in [7, 11) is 0. The van der Waals surface area contributed by atoms with Gasteiger partial charge in [0, 0.05) is 10.7 Å². The van der Waals surface area contributed by atoms with Crippen molar-refractivity contribution in [1.29, 1.82) is 0 Å². The highest BCUT2D eigenvalue weighted by atomic mass is 35.5. The van der Waals surface area contributed by atoms with Gasteiger partial charge in [-0.2, -0.15) is 0 Å². The second kappa shape index (κ2) is 7.20. The number of hydrogen-bond acceptors (Lipinski definition) is 5. The summed E-state index contributed by atoms with van der Waals surface area (Å²) in [6, 6.07) is 5.54. The molecule has 7 nitrogen and oxygen atoms in total. The molecule has 1 heterocycles. The Hall–Kier alpha value is -2.41. The van der Waals surface area contributed by atoms with Crippen LogP contribution in [0.4, 0.5) is 5.69 Å². The number of esters is 1. The van der Waals surface area contributed by atoms with Gasteiger partial charge in [0.1, 0.15) is 6.04 Å². The van der Waals surface area contributed by atoms with Gasteiger partial charge in [-0.1, -0.05) is 17.7 Å². The lowest BCUT2D eigenvalue weighted by molar-refractivity contribution is -0.159. The number of fused-ring (bicyclic) bond motifs is 5. The van der Waals surface area contributed by atoms with Gasteiger partial charge in [-0.05, 0) is 56.2 Å². The van der Waals surface area contributed by atoms with Crippen LogP contribution < -0.4 is 5.32 Å². The summed E-state index contributed by atoms with van der Waals surface area (Å²) in [5.41, 5.74) is 0.481. The fraction of sp³-hybridized carbons (Fsp3) is 0.500. The minimum Gasteiger partial charge on any atom is -0.454 e. The first kappa shape index (κ1) is 18.9. The van der Waals surface area contributed by atoms with Crippen molar-refractivity contribution in [3.05, 3.63) is 29.3 Å². The average Bonchev–Trinajstić information content (AvgIpc) is 3.33. The quantitative estimate of drug-likeness (QED) is 0.600. The van der Waals surface area contributed by atoms with E-state index in [-0.39, 0.29) is 35.5 Å². The predicted octanol–water partition coefficient (Wildman–Crippen LogP) is 2.24.